The summed E-state index contributed by atoms with van der Waals surface area (Å²) < 4.78 is 1.95. The smallest absolute Gasteiger partial charge is 0.138 e. The SMILES string of the molecule is CCC(C)C(N)Cc1ncnn1C(C)C. The van der Waals surface area contributed by atoms with Gasteiger partial charge in [0.1, 0.15) is 12.2 Å². The predicted octanol–water partition coefficient (Wildman–Crippen LogP) is 1.77. The molecule has 1 rings (SSSR count). The molecule has 0 aliphatic carbocycles. The fourth-order valence-corrected chi connectivity index (χ4v) is 1.57. The van der Waals surface area contributed by atoms with E-state index >= 15 is 0 Å². The summed E-state index contributed by atoms with van der Waals surface area (Å²) in [4.78, 5) is 4.27. The number of rotatable bonds is 5. The largest absolute Gasteiger partial charge is 0.327 e. The molecule has 0 amide bonds. The van der Waals surface area contributed by atoms with Gasteiger partial charge in [-0.05, 0) is 19.8 Å². The zero-order chi connectivity index (χ0) is 11.4. The lowest BCUT2D eigenvalue weighted by Gasteiger charge is -2.18. The molecule has 4 nitrogen and oxygen atoms in total. The maximum Gasteiger partial charge on any atom is 0.138 e. The van der Waals surface area contributed by atoms with Crippen molar-refractivity contribution < 1.29 is 0 Å². The highest BCUT2D eigenvalue weighted by Gasteiger charge is 2.15. The molecule has 1 aromatic rings. The van der Waals surface area contributed by atoms with Crippen LogP contribution in [0.25, 0.3) is 0 Å². The highest BCUT2D eigenvalue weighted by Crippen LogP contribution is 2.12. The van der Waals surface area contributed by atoms with Gasteiger partial charge in [-0.25, -0.2) is 9.67 Å². The lowest BCUT2D eigenvalue weighted by Crippen LogP contribution is -2.31. The van der Waals surface area contributed by atoms with Gasteiger partial charge in [0.15, 0.2) is 0 Å². The number of nitrogens with two attached hydrogens (primary N) is 1. The third-order valence-electron chi connectivity index (χ3n) is 2.93. The molecule has 15 heavy (non-hydrogen) atoms. The second-order valence-corrected chi connectivity index (χ2v) is 4.47. The monoisotopic (exact) mass is 210 g/mol. The first-order valence-electron chi connectivity index (χ1n) is 5.70. The van der Waals surface area contributed by atoms with Crippen LogP contribution in [0.2, 0.25) is 0 Å². The van der Waals surface area contributed by atoms with E-state index in [1.807, 2.05) is 4.68 Å². The Hall–Kier alpha value is -0.900. The van der Waals surface area contributed by atoms with Crippen LogP contribution in [0.5, 0.6) is 0 Å². The molecule has 2 N–H and O–H groups in total. The van der Waals surface area contributed by atoms with Crippen LogP contribution in [0.1, 0.15) is 46.0 Å². The molecule has 0 saturated heterocycles. The summed E-state index contributed by atoms with van der Waals surface area (Å²) in [6, 6.07) is 0.531. The van der Waals surface area contributed by atoms with Gasteiger partial charge in [0, 0.05) is 18.5 Å². The van der Waals surface area contributed by atoms with E-state index in [4.69, 9.17) is 5.73 Å². The Morgan fingerprint density at radius 2 is 2.07 bits per heavy atom. The molecule has 0 aliphatic rings. The van der Waals surface area contributed by atoms with Crippen molar-refractivity contribution >= 4 is 0 Å². The van der Waals surface area contributed by atoms with Crippen molar-refractivity contribution in [1.82, 2.24) is 14.8 Å². The van der Waals surface area contributed by atoms with Gasteiger partial charge in [0.25, 0.3) is 0 Å². The van der Waals surface area contributed by atoms with Crippen molar-refractivity contribution in [3.63, 3.8) is 0 Å². The number of aromatic nitrogens is 3. The van der Waals surface area contributed by atoms with Gasteiger partial charge in [-0.3, -0.25) is 0 Å². The molecule has 4 heteroatoms. The van der Waals surface area contributed by atoms with E-state index in [1.165, 1.54) is 0 Å². The van der Waals surface area contributed by atoms with Crippen molar-refractivity contribution in [2.24, 2.45) is 11.7 Å². The minimum atomic E-state index is 0.177. The first kappa shape index (κ1) is 12.2. The number of nitrogens with zero attached hydrogens (tertiary/aromatic N) is 3. The zero-order valence-corrected chi connectivity index (χ0v) is 10.1. The van der Waals surface area contributed by atoms with Crippen LogP contribution >= 0.6 is 0 Å². The van der Waals surface area contributed by atoms with Crippen LogP contribution in [-0.2, 0) is 6.42 Å². The van der Waals surface area contributed by atoms with Crippen LogP contribution < -0.4 is 5.73 Å². The summed E-state index contributed by atoms with van der Waals surface area (Å²) in [6.07, 6.45) is 3.53. The van der Waals surface area contributed by atoms with Gasteiger partial charge in [0.2, 0.25) is 0 Å². The Bertz CT molecular complexity index is 293. The third-order valence-corrected chi connectivity index (χ3v) is 2.93. The molecule has 1 aromatic heterocycles. The van der Waals surface area contributed by atoms with Crippen LogP contribution in [0, 0.1) is 5.92 Å². The van der Waals surface area contributed by atoms with Crippen LogP contribution in [0.3, 0.4) is 0 Å². The molecular weight excluding hydrogens is 188 g/mol. The summed E-state index contributed by atoms with van der Waals surface area (Å²) in [5.41, 5.74) is 6.11. The minimum Gasteiger partial charge on any atom is -0.327 e. The standard InChI is InChI=1S/C11H22N4/c1-5-9(4)10(12)6-11-13-7-14-15(11)8(2)3/h7-10H,5-6,12H2,1-4H3. The fraction of sp³-hybridized carbons (Fsp3) is 0.818. The van der Waals surface area contributed by atoms with Crippen LogP contribution in [0.15, 0.2) is 6.33 Å². The maximum absolute atomic E-state index is 6.11. The van der Waals surface area contributed by atoms with Gasteiger partial charge in [0.05, 0.1) is 0 Å². The lowest BCUT2D eigenvalue weighted by molar-refractivity contribution is 0.414. The molecule has 0 aliphatic heterocycles. The van der Waals surface area contributed by atoms with E-state index in [1.54, 1.807) is 6.33 Å². The van der Waals surface area contributed by atoms with Gasteiger partial charge < -0.3 is 5.73 Å². The Kier molecular flexibility index (Phi) is 4.27. The summed E-state index contributed by atoms with van der Waals surface area (Å²) in [7, 11) is 0. The van der Waals surface area contributed by atoms with Gasteiger partial charge in [-0.15, -0.1) is 0 Å². The molecule has 2 unspecified atom stereocenters. The third kappa shape index (κ3) is 3.02. The number of hydrogen-bond acceptors (Lipinski definition) is 3. The van der Waals surface area contributed by atoms with E-state index in [2.05, 4.69) is 37.8 Å². The van der Waals surface area contributed by atoms with Crippen molar-refractivity contribution in [3.05, 3.63) is 12.2 Å². The minimum absolute atomic E-state index is 0.177. The molecule has 0 bridgehead atoms. The topological polar surface area (TPSA) is 56.7 Å². The van der Waals surface area contributed by atoms with Crippen LogP contribution in [0.4, 0.5) is 0 Å². The molecule has 0 saturated carbocycles. The Labute approximate surface area is 91.9 Å². The maximum atomic E-state index is 6.11. The highest BCUT2D eigenvalue weighted by atomic mass is 15.3. The van der Waals surface area contributed by atoms with E-state index < -0.39 is 0 Å². The molecule has 2 atom stereocenters. The average Bonchev–Trinajstić information content (AvgIpc) is 2.64. The van der Waals surface area contributed by atoms with Crippen molar-refractivity contribution in [2.45, 2.75) is 52.6 Å². The van der Waals surface area contributed by atoms with Crippen LogP contribution in [-0.4, -0.2) is 20.8 Å². The summed E-state index contributed by atoms with van der Waals surface area (Å²) in [5.74, 6) is 1.53. The second kappa shape index (κ2) is 5.26. The fourth-order valence-electron chi connectivity index (χ4n) is 1.57. The second-order valence-electron chi connectivity index (χ2n) is 4.47. The normalized spacial score (nSPS) is 15.6. The summed E-state index contributed by atoms with van der Waals surface area (Å²) >= 11 is 0. The van der Waals surface area contributed by atoms with Gasteiger partial charge in [-0.1, -0.05) is 20.3 Å². The van der Waals surface area contributed by atoms with Gasteiger partial charge >= 0.3 is 0 Å². The Balaban J connectivity index is 2.67. The lowest BCUT2D eigenvalue weighted by atomic mass is 9.97. The molecule has 1 heterocycles. The average molecular weight is 210 g/mol. The first-order valence-corrected chi connectivity index (χ1v) is 5.70. The molecular formula is C11H22N4. The quantitative estimate of drug-likeness (QED) is 0.806. The highest BCUT2D eigenvalue weighted by molar-refractivity contribution is 4.91. The first-order chi connectivity index (χ1) is 7.06. The molecule has 86 valence electrons. The Morgan fingerprint density at radius 3 is 2.60 bits per heavy atom. The summed E-state index contributed by atoms with van der Waals surface area (Å²) in [6.45, 7) is 8.55. The van der Waals surface area contributed by atoms with Crippen molar-refractivity contribution in [1.29, 1.82) is 0 Å². The summed E-state index contributed by atoms with van der Waals surface area (Å²) in [5, 5.41) is 4.20. The van der Waals surface area contributed by atoms with Crippen molar-refractivity contribution in [3.8, 4) is 0 Å². The van der Waals surface area contributed by atoms with E-state index in [0.29, 0.717) is 12.0 Å². The van der Waals surface area contributed by atoms with E-state index in [9.17, 15) is 0 Å². The van der Waals surface area contributed by atoms with Crippen molar-refractivity contribution in [2.75, 3.05) is 0 Å². The Morgan fingerprint density at radius 1 is 1.40 bits per heavy atom. The van der Waals surface area contributed by atoms with E-state index in [0.717, 1.165) is 18.7 Å². The zero-order valence-electron chi connectivity index (χ0n) is 10.1. The molecule has 0 radical (unpaired) electrons. The predicted molar refractivity (Wildman–Crippen MR) is 61.5 cm³/mol. The molecule has 0 spiro atoms. The van der Waals surface area contributed by atoms with E-state index in [-0.39, 0.29) is 6.04 Å². The van der Waals surface area contributed by atoms with Gasteiger partial charge in [-0.2, -0.15) is 5.10 Å². The number of hydrogen-bond donors (Lipinski definition) is 1. The molecule has 0 fully saturated rings. The molecule has 0 aromatic carbocycles.